The highest BCUT2D eigenvalue weighted by Crippen LogP contribution is 2.41. The number of methoxy groups -OCH3 is 1. The molecule has 3 aromatic rings. The Balaban J connectivity index is 1.50. The molecule has 1 fully saturated rings. The Morgan fingerprint density at radius 3 is 2.52 bits per heavy atom. The molecule has 5 nitrogen and oxygen atoms in total. The van der Waals surface area contributed by atoms with E-state index in [2.05, 4.69) is 10.5 Å². The van der Waals surface area contributed by atoms with Crippen molar-refractivity contribution in [1.82, 2.24) is 10.5 Å². The smallest absolute Gasteiger partial charge is 0.290 e. The molecule has 1 aliphatic carbocycles. The summed E-state index contributed by atoms with van der Waals surface area (Å²) in [5.41, 5.74) is 2.21. The van der Waals surface area contributed by atoms with Gasteiger partial charge in [0.2, 0.25) is 5.76 Å². The third-order valence-corrected chi connectivity index (χ3v) is 4.73. The van der Waals surface area contributed by atoms with Crippen molar-refractivity contribution in [2.75, 3.05) is 7.11 Å². The lowest BCUT2D eigenvalue weighted by Crippen LogP contribution is -2.29. The third-order valence-electron chi connectivity index (χ3n) is 4.73. The average Bonchev–Trinajstić information content (AvgIpc) is 3.42. The van der Waals surface area contributed by atoms with Gasteiger partial charge >= 0.3 is 0 Å². The maximum atomic E-state index is 13.1. The summed E-state index contributed by atoms with van der Waals surface area (Å²) in [5.74, 6) is 0.685. The number of hydrogen-bond donors (Lipinski definition) is 1. The zero-order valence-electron chi connectivity index (χ0n) is 14.8. The van der Waals surface area contributed by atoms with E-state index in [9.17, 15) is 9.18 Å². The summed E-state index contributed by atoms with van der Waals surface area (Å²) in [5, 5.41) is 6.97. The van der Waals surface area contributed by atoms with Gasteiger partial charge in [0.25, 0.3) is 5.91 Å². The van der Waals surface area contributed by atoms with Gasteiger partial charge in [-0.05, 0) is 60.7 Å². The molecule has 1 aliphatic rings. The number of carbonyl (C=O) groups is 1. The van der Waals surface area contributed by atoms with Gasteiger partial charge in [0, 0.05) is 11.6 Å². The number of ether oxygens (including phenoxy) is 1. The number of nitrogens with one attached hydrogen (secondary N) is 1. The standard InChI is InChI=1S/C21H19FN2O3/c1-26-17-10-6-15(7-11-17)20(14-2-3-14)23-21(25)19-12-18(24-27-19)13-4-8-16(22)9-5-13/h4-12,14,20H,2-3H2,1H3,(H,23,25)/t20-/m0/s1. The summed E-state index contributed by atoms with van der Waals surface area (Å²) >= 11 is 0. The minimum absolute atomic E-state index is 0.0808. The van der Waals surface area contributed by atoms with Crippen LogP contribution in [0.2, 0.25) is 0 Å². The van der Waals surface area contributed by atoms with Crippen LogP contribution in [0.1, 0.15) is 35.0 Å². The fraction of sp³-hybridized carbons (Fsp3) is 0.238. The van der Waals surface area contributed by atoms with Gasteiger partial charge in [-0.2, -0.15) is 0 Å². The number of nitrogens with zero attached hydrogens (tertiary/aromatic N) is 1. The molecule has 0 unspecified atom stereocenters. The molecule has 0 spiro atoms. The molecule has 0 radical (unpaired) electrons. The minimum Gasteiger partial charge on any atom is -0.497 e. The van der Waals surface area contributed by atoms with E-state index in [1.54, 1.807) is 25.3 Å². The van der Waals surface area contributed by atoms with E-state index in [1.165, 1.54) is 12.1 Å². The molecule has 1 heterocycles. The first-order chi connectivity index (χ1) is 13.1. The van der Waals surface area contributed by atoms with E-state index >= 15 is 0 Å². The van der Waals surface area contributed by atoms with E-state index < -0.39 is 0 Å². The van der Waals surface area contributed by atoms with Crippen molar-refractivity contribution in [3.63, 3.8) is 0 Å². The number of hydrogen-bond acceptors (Lipinski definition) is 4. The average molecular weight is 366 g/mol. The Kier molecular flexibility index (Phi) is 4.62. The summed E-state index contributed by atoms with van der Waals surface area (Å²) in [4.78, 5) is 12.7. The number of aromatic nitrogens is 1. The summed E-state index contributed by atoms with van der Waals surface area (Å²) in [6, 6.07) is 15.1. The first kappa shape index (κ1) is 17.3. The van der Waals surface area contributed by atoms with Crippen molar-refractivity contribution < 1.29 is 18.4 Å². The molecule has 2 aromatic carbocycles. The Morgan fingerprint density at radius 1 is 1.19 bits per heavy atom. The van der Waals surface area contributed by atoms with Crippen molar-refractivity contribution in [2.45, 2.75) is 18.9 Å². The van der Waals surface area contributed by atoms with Gasteiger partial charge in [0.15, 0.2) is 0 Å². The molecule has 138 valence electrons. The molecule has 1 amide bonds. The molecule has 1 aromatic heterocycles. The number of rotatable bonds is 6. The molecule has 6 heteroatoms. The van der Waals surface area contributed by atoms with Crippen molar-refractivity contribution >= 4 is 5.91 Å². The topological polar surface area (TPSA) is 64.4 Å². The quantitative estimate of drug-likeness (QED) is 0.704. The first-order valence-electron chi connectivity index (χ1n) is 8.81. The molecular formula is C21H19FN2O3. The zero-order valence-corrected chi connectivity index (χ0v) is 14.8. The summed E-state index contributed by atoms with van der Waals surface area (Å²) in [6.07, 6.45) is 2.16. The van der Waals surface area contributed by atoms with Gasteiger partial charge in [0.1, 0.15) is 17.3 Å². The Labute approximate surface area is 156 Å². The number of benzene rings is 2. The summed E-state index contributed by atoms with van der Waals surface area (Å²) in [7, 11) is 1.62. The van der Waals surface area contributed by atoms with Gasteiger partial charge in [-0.25, -0.2) is 4.39 Å². The van der Waals surface area contributed by atoms with Crippen LogP contribution in [0.4, 0.5) is 4.39 Å². The van der Waals surface area contributed by atoms with Crippen LogP contribution in [0.25, 0.3) is 11.3 Å². The highest BCUT2D eigenvalue weighted by Gasteiger charge is 2.34. The first-order valence-corrected chi connectivity index (χ1v) is 8.81. The molecule has 4 rings (SSSR count). The van der Waals surface area contributed by atoms with Crippen molar-refractivity contribution in [3.05, 3.63) is 71.7 Å². The number of halogens is 1. The molecule has 1 saturated carbocycles. The lowest BCUT2D eigenvalue weighted by molar-refractivity contribution is 0.0894. The fourth-order valence-electron chi connectivity index (χ4n) is 3.07. The van der Waals surface area contributed by atoms with Crippen LogP contribution in [0.3, 0.4) is 0 Å². The van der Waals surface area contributed by atoms with Crippen LogP contribution in [0, 0.1) is 11.7 Å². The number of carbonyl (C=O) groups excluding carboxylic acids is 1. The van der Waals surface area contributed by atoms with E-state index in [-0.39, 0.29) is 23.5 Å². The largest absolute Gasteiger partial charge is 0.497 e. The van der Waals surface area contributed by atoms with Gasteiger partial charge in [-0.1, -0.05) is 17.3 Å². The lowest BCUT2D eigenvalue weighted by atomic mass is 10.0. The van der Waals surface area contributed by atoms with Crippen LogP contribution in [-0.4, -0.2) is 18.2 Å². The second kappa shape index (κ2) is 7.23. The minimum atomic E-state index is -0.327. The molecule has 0 aliphatic heterocycles. The fourth-order valence-corrected chi connectivity index (χ4v) is 3.07. The van der Waals surface area contributed by atoms with Crippen molar-refractivity contribution in [2.24, 2.45) is 5.92 Å². The predicted molar refractivity (Wildman–Crippen MR) is 97.8 cm³/mol. The lowest BCUT2D eigenvalue weighted by Gasteiger charge is -2.18. The molecule has 1 N–H and O–H groups in total. The van der Waals surface area contributed by atoms with Crippen LogP contribution >= 0.6 is 0 Å². The van der Waals surface area contributed by atoms with Gasteiger partial charge in [-0.15, -0.1) is 0 Å². The molecule has 0 bridgehead atoms. The van der Waals surface area contributed by atoms with Gasteiger partial charge in [0.05, 0.1) is 13.2 Å². The zero-order chi connectivity index (χ0) is 18.8. The van der Waals surface area contributed by atoms with E-state index in [0.717, 1.165) is 24.2 Å². The molecule has 27 heavy (non-hydrogen) atoms. The van der Waals surface area contributed by atoms with Gasteiger partial charge < -0.3 is 14.6 Å². The van der Waals surface area contributed by atoms with E-state index in [4.69, 9.17) is 9.26 Å². The summed E-state index contributed by atoms with van der Waals surface area (Å²) < 4.78 is 23.5. The van der Waals surface area contributed by atoms with E-state index in [1.807, 2.05) is 24.3 Å². The Morgan fingerprint density at radius 2 is 1.89 bits per heavy atom. The van der Waals surface area contributed by atoms with Crippen LogP contribution in [0.15, 0.2) is 59.1 Å². The number of amides is 1. The summed E-state index contributed by atoms with van der Waals surface area (Å²) in [6.45, 7) is 0. The Bertz CT molecular complexity index is 931. The second-order valence-corrected chi connectivity index (χ2v) is 6.65. The van der Waals surface area contributed by atoms with Crippen molar-refractivity contribution in [3.8, 4) is 17.0 Å². The van der Waals surface area contributed by atoms with Crippen LogP contribution in [0.5, 0.6) is 5.75 Å². The highest BCUT2D eigenvalue weighted by molar-refractivity contribution is 5.92. The monoisotopic (exact) mass is 366 g/mol. The predicted octanol–water partition coefficient (Wildman–Crippen LogP) is 4.37. The highest BCUT2D eigenvalue weighted by atomic mass is 19.1. The maximum absolute atomic E-state index is 13.1. The normalized spacial score (nSPS) is 14.6. The SMILES string of the molecule is COc1ccc([C@@H](NC(=O)c2cc(-c3ccc(F)cc3)no2)C2CC2)cc1. The Hall–Kier alpha value is -3.15. The third kappa shape index (κ3) is 3.84. The van der Waals surface area contributed by atoms with Crippen LogP contribution in [-0.2, 0) is 0 Å². The maximum Gasteiger partial charge on any atom is 0.290 e. The van der Waals surface area contributed by atoms with Crippen LogP contribution < -0.4 is 10.1 Å². The van der Waals surface area contributed by atoms with E-state index in [0.29, 0.717) is 17.2 Å². The van der Waals surface area contributed by atoms with Gasteiger partial charge in [-0.3, -0.25) is 4.79 Å². The van der Waals surface area contributed by atoms with Crippen molar-refractivity contribution in [1.29, 1.82) is 0 Å². The molecular weight excluding hydrogens is 347 g/mol. The second-order valence-electron chi connectivity index (χ2n) is 6.65. The molecule has 1 atom stereocenters. The molecule has 0 saturated heterocycles.